The van der Waals surface area contributed by atoms with Gasteiger partial charge in [0.2, 0.25) is 5.88 Å². The summed E-state index contributed by atoms with van der Waals surface area (Å²) in [5.41, 5.74) is 6.80. The van der Waals surface area contributed by atoms with Crippen LogP contribution < -0.4 is 10.5 Å². The van der Waals surface area contributed by atoms with Crippen molar-refractivity contribution < 1.29 is 4.74 Å². The Morgan fingerprint density at radius 1 is 1.44 bits per heavy atom. The maximum atomic E-state index is 5.81. The van der Waals surface area contributed by atoms with E-state index in [0.29, 0.717) is 11.6 Å². The summed E-state index contributed by atoms with van der Waals surface area (Å²) in [6.45, 7) is 1.96. The Hall–Kier alpha value is -1.46. The predicted octanol–water partition coefficient (Wildman–Crippen LogP) is 2.92. The molecule has 5 heteroatoms. The molecule has 0 radical (unpaired) electrons. The number of halogens is 1. The first kappa shape index (κ1) is 13.0. The van der Waals surface area contributed by atoms with E-state index in [2.05, 4.69) is 25.9 Å². The molecule has 0 aliphatic carbocycles. The average Bonchev–Trinajstić information content (AvgIpc) is 2.31. The molecule has 0 aliphatic heterocycles. The molecule has 2 heterocycles. The lowest BCUT2D eigenvalue weighted by Gasteiger charge is -2.11. The molecule has 94 valence electrons. The smallest absolute Gasteiger partial charge is 0.222 e. The van der Waals surface area contributed by atoms with Crippen LogP contribution in [0.5, 0.6) is 11.6 Å². The molecule has 2 rings (SSSR count). The number of ether oxygens (including phenoxy) is 1. The minimum absolute atomic E-state index is 0.0668. The Balaban J connectivity index is 2.23. The van der Waals surface area contributed by atoms with Crippen LogP contribution in [0.1, 0.15) is 12.5 Å². The van der Waals surface area contributed by atoms with Gasteiger partial charge < -0.3 is 10.5 Å². The monoisotopic (exact) mass is 307 g/mol. The molecule has 0 bridgehead atoms. The molecule has 2 aromatic rings. The molecule has 0 spiro atoms. The molecule has 2 aromatic heterocycles. The number of aromatic nitrogens is 2. The molecule has 1 atom stereocenters. The highest BCUT2D eigenvalue weighted by atomic mass is 79.9. The Kier molecular flexibility index (Phi) is 4.28. The molecule has 1 unspecified atom stereocenters. The van der Waals surface area contributed by atoms with Crippen molar-refractivity contribution in [3.05, 3.63) is 46.8 Å². The van der Waals surface area contributed by atoms with E-state index >= 15 is 0 Å². The molecular weight excluding hydrogens is 294 g/mol. The number of nitrogens with two attached hydrogens (primary N) is 1. The third-order valence-corrected chi connectivity index (χ3v) is 2.72. The van der Waals surface area contributed by atoms with Gasteiger partial charge in [-0.15, -0.1) is 0 Å². The Bertz CT molecular complexity index is 531. The zero-order chi connectivity index (χ0) is 13.0. The normalized spacial score (nSPS) is 12.2. The fraction of sp³-hybridized carbons (Fsp3) is 0.231. The molecule has 0 saturated heterocycles. The van der Waals surface area contributed by atoms with Gasteiger partial charge in [0.25, 0.3) is 0 Å². The van der Waals surface area contributed by atoms with E-state index in [0.717, 1.165) is 16.5 Å². The maximum Gasteiger partial charge on any atom is 0.222 e. The zero-order valence-electron chi connectivity index (χ0n) is 10.0. The first-order valence-electron chi connectivity index (χ1n) is 5.63. The van der Waals surface area contributed by atoms with Crippen molar-refractivity contribution in [3.63, 3.8) is 0 Å². The third-order valence-electron chi connectivity index (χ3n) is 2.29. The van der Waals surface area contributed by atoms with Crippen LogP contribution in [-0.2, 0) is 6.42 Å². The summed E-state index contributed by atoms with van der Waals surface area (Å²) in [4.78, 5) is 8.28. The fourth-order valence-corrected chi connectivity index (χ4v) is 1.92. The summed E-state index contributed by atoms with van der Waals surface area (Å²) >= 11 is 3.35. The first-order chi connectivity index (χ1) is 8.65. The maximum absolute atomic E-state index is 5.81. The van der Waals surface area contributed by atoms with Gasteiger partial charge in [0.1, 0.15) is 5.75 Å². The van der Waals surface area contributed by atoms with Gasteiger partial charge in [-0.3, -0.25) is 4.98 Å². The van der Waals surface area contributed by atoms with E-state index in [1.54, 1.807) is 18.6 Å². The molecule has 0 saturated carbocycles. The SMILES string of the molecule is CC(N)Cc1cccnc1Oc1cncc(Br)c1. The van der Waals surface area contributed by atoms with Crippen molar-refractivity contribution in [3.8, 4) is 11.6 Å². The lowest BCUT2D eigenvalue weighted by atomic mass is 10.1. The number of hydrogen-bond acceptors (Lipinski definition) is 4. The topological polar surface area (TPSA) is 61.0 Å². The van der Waals surface area contributed by atoms with Gasteiger partial charge in [-0.05, 0) is 41.4 Å². The quantitative estimate of drug-likeness (QED) is 0.943. The number of rotatable bonds is 4. The Morgan fingerprint density at radius 2 is 2.28 bits per heavy atom. The highest BCUT2D eigenvalue weighted by Crippen LogP contribution is 2.24. The number of nitrogens with zero attached hydrogens (tertiary/aromatic N) is 2. The molecule has 0 fully saturated rings. The molecule has 2 N–H and O–H groups in total. The minimum atomic E-state index is 0.0668. The molecule has 0 aromatic carbocycles. The van der Waals surface area contributed by atoms with Crippen LogP contribution in [0.4, 0.5) is 0 Å². The van der Waals surface area contributed by atoms with Crippen molar-refractivity contribution in [2.75, 3.05) is 0 Å². The minimum Gasteiger partial charge on any atom is -0.437 e. The van der Waals surface area contributed by atoms with Crippen LogP contribution in [0, 0.1) is 0 Å². The second kappa shape index (κ2) is 5.93. The third kappa shape index (κ3) is 3.51. The van der Waals surface area contributed by atoms with Crippen LogP contribution >= 0.6 is 15.9 Å². The van der Waals surface area contributed by atoms with Crippen molar-refractivity contribution >= 4 is 15.9 Å². The van der Waals surface area contributed by atoms with Gasteiger partial charge in [0.15, 0.2) is 0 Å². The van der Waals surface area contributed by atoms with E-state index in [9.17, 15) is 0 Å². The highest BCUT2D eigenvalue weighted by molar-refractivity contribution is 9.10. The largest absolute Gasteiger partial charge is 0.437 e. The second-order valence-electron chi connectivity index (χ2n) is 4.09. The summed E-state index contributed by atoms with van der Waals surface area (Å²) in [6, 6.07) is 5.76. The van der Waals surface area contributed by atoms with Crippen LogP contribution in [0.3, 0.4) is 0 Å². The van der Waals surface area contributed by atoms with Gasteiger partial charge in [0.05, 0.1) is 6.20 Å². The summed E-state index contributed by atoms with van der Waals surface area (Å²) < 4.78 is 6.60. The molecule has 4 nitrogen and oxygen atoms in total. The second-order valence-corrected chi connectivity index (χ2v) is 5.01. The molecule has 0 amide bonds. The molecule has 0 aliphatic rings. The van der Waals surface area contributed by atoms with Crippen LogP contribution in [0.2, 0.25) is 0 Å². The lowest BCUT2D eigenvalue weighted by Crippen LogP contribution is -2.18. The zero-order valence-corrected chi connectivity index (χ0v) is 11.6. The van der Waals surface area contributed by atoms with Gasteiger partial charge in [-0.2, -0.15) is 0 Å². The summed E-state index contributed by atoms with van der Waals surface area (Å²) in [5, 5.41) is 0. The lowest BCUT2D eigenvalue weighted by molar-refractivity contribution is 0.451. The van der Waals surface area contributed by atoms with E-state index in [1.165, 1.54) is 0 Å². The van der Waals surface area contributed by atoms with Crippen molar-refractivity contribution in [1.82, 2.24) is 9.97 Å². The summed E-state index contributed by atoms with van der Waals surface area (Å²) in [5.74, 6) is 1.23. The predicted molar refractivity (Wildman–Crippen MR) is 73.6 cm³/mol. The summed E-state index contributed by atoms with van der Waals surface area (Å²) in [6.07, 6.45) is 5.78. The standard InChI is InChI=1S/C13H14BrN3O/c1-9(15)5-10-3-2-4-17-13(10)18-12-6-11(14)7-16-8-12/h2-4,6-9H,5,15H2,1H3. The van der Waals surface area contributed by atoms with Crippen LogP contribution in [0.25, 0.3) is 0 Å². The van der Waals surface area contributed by atoms with E-state index in [-0.39, 0.29) is 6.04 Å². The first-order valence-corrected chi connectivity index (χ1v) is 6.42. The van der Waals surface area contributed by atoms with E-state index in [1.807, 2.05) is 25.1 Å². The van der Waals surface area contributed by atoms with E-state index in [4.69, 9.17) is 10.5 Å². The van der Waals surface area contributed by atoms with Gasteiger partial charge in [0, 0.05) is 28.5 Å². The highest BCUT2D eigenvalue weighted by Gasteiger charge is 2.08. The summed E-state index contributed by atoms with van der Waals surface area (Å²) in [7, 11) is 0. The van der Waals surface area contributed by atoms with Gasteiger partial charge >= 0.3 is 0 Å². The van der Waals surface area contributed by atoms with Crippen LogP contribution in [0.15, 0.2) is 41.3 Å². The Labute approximate surface area is 114 Å². The fourth-order valence-electron chi connectivity index (χ4n) is 1.58. The van der Waals surface area contributed by atoms with Crippen molar-refractivity contribution in [2.24, 2.45) is 5.73 Å². The molecule has 18 heavy (non-hydrogen) atoms. The average molecular weight is 308 g/mol. The van der Waals surface area contributed by atoms with E-state index < -0.39 is 0 Å². The van der Waals surface area contributed by atoms with Crippen molar-refractivity contribution in [1.29, 1.82) is 0 Å². The van der Waals surface area contributed by atoms with Gasteiger partial charge in [-0.1, -0.05) is 6.07 Å². The molecular formula is C13H14BrN3O. The Morgan fingerprint density at radius 3 is 3.00 bits per heavy atom. The number of hydrogen-bond donors (Lipinski definition) is 1. The number of pyridine rings is 2. The van der Waals surface area contributed by atoms with Crippen LogP contribution in [-0.4, -0.2) is 16.0 Å². The van der Waals surface area contributed by atoms with Gasteiger partial charge in [-0.25, -0.2) is 4.98 Å². The van der Waals surface area contributed by atoms with Crippen molar-refractivity contribution in [2.45, 2.75) is 19.4 Å².